The number of anilines is 1. The van der Waals surface area contributed by atoms with E-state index in [1.165, 1.54) is 0 Å². The molecule has 4 aromatic rings. The molecule has 0 aliphatic carbocycles. The largest absolute Gasteiger partial charge is 0.343 e. The topological polar surface area (TPSA) is 88.9 Å². The van der Waals surface area contributed by atoms with Gasteiger partial charge in [0.2, 0.25) is 5.91 Å². The number of nitrogens with zero attached hydrogens (tertiary/aromatic N) is 3. The van der Waals surface area contributed by atoms with E-state index in [1.54, 1.807) is 22.9 Å². The molecule has 0 fully saturated rings. The molecule has 0 bridgehead atoms. The van der Waals surface area contributed by atoms with E-state index in [4.69, 9.17) is 4.98 Å². The molecule has 2 aromatic carbocycles. The van der Waals surface area contributed by atoms with E-state index >= 15 is 0 Å². The Bertz CT molecular complexity index is 1360. The van der Waals surface area contributed by atoms with Crippen LogP contribution >= 0.6 is 0 Å². The van der Waals surface area contributed by atoms with Crippen LogP contribution in [0.25, 0.3) is 16.7 Å². The van der Waals surface area contributed by atoms with E-state index in [0.717, 1.165) is 27.7 Å². The number of para-hydroxylation sites is 1. The van der Waals surface area contributed by atoms with Gasteiger partial charge in [-0.3, -0.25) is 9.59 Å². The molecule has 0 spiro atoms. The molecule has 0 unspecified atom stereocenters. The molecule has 0 aliphatic heterocycles. The number of hydrogen-bond acceptors (Lipinski definition) is 4. The summed E-state index contributed by atoms with van der Waals surface area (Å²) in [7, 11) is 0. The van der Waals surface area contributed by atoms with E-state index < -0.39 is 0 Å². The van der Waals surface area contributed by atoms with Crippen LogP contribution < -0.4 is 10.6 Å². The Morgan fingerprint density at radius 1 is 0.971 bits per heavy atom. The number of amides is 2. The number of fused-ring (bicyclic) bond motifs is 1. The molecular weight excluding hydrogens is 426 g/mol. The second-order valence-electron chi connectivity index (χ2n) is 9.46. The summed E-state index contributed by atoms with van der Waals surface area (Å²) in [4.78, 5) is 29.8. The van der Waals surface area contributed by atoms with Crippen LogP contribution in [0, 0.1) is 13.8 Å². The maximum absolute atomic E-state index is 12.6. The van der Waals surface area contributed by atoms with Crippen molar-refractivity contribution >= 4 is 28.5 Å². The second kappa shape index (κ2) is 9.09. The molecule has 0 radical (unpaired) electrons. The molecule has 4 rings (SSSR count). The third-order valence-corrected chi connectivity index (χ3v) is 5.65. The Morgan fingerprint density at radius 3 is 2.38 bits per heavy atom. The monoisotopic (exact) mass is 455 g/mol. The van der Waals surface area contributed by atoms with Gasteiger partial charge < -0.3 is 10.6 Å². The van der Waals surface area contributed by atoms with Gasteiger partial charge in [-0.25, -0.2) is 4.98 Å². The lowest BCUT2D eigenvalue weighted by atomic mass is 9.87. The van der Waals surface area contributed by atoms with Crippen LogP contribution in [-0.2, 0) is 10.2 Å². The highest BCUT2D eigenvalue weighted by Crippen LogP contribution is 2.23. The molecule has 34 heavy (non-hydrogen) atoms. The van der Waals surface area contributed by atoms with Gasteiger partial charge in [-0.15, -0.1) is 0 Å². The van der Waals surface area contributed by atoms with Crippen molar-refractivity contribution in [3.8, 4) is 5.82 Å². The van der Waals surface area contributed by atoms with E-state index in [2.05, 4.69) is 36.5 Å². The minimum Gasteiger partial charge on any atom is -0.343 e. The van der Waals surface area contributed by atoms with Crippen molar-refractivity contribution in [2.75, 3.05) is 11.9 Å². The predicted octanol–water partition coefficient (Wildman–Crippen LogP) is 4.70. The number of hydrogen-bond donors (Lipinski definition) is 2. The minimum atomic E-state index is -0.349. The SMILES string of the molecule is Cc1cc(NC(=O)CNC(=O)c2ccc(C(C)(C)C)cc2)n(-c2cc(C)c3ccccc3n2)n1. The van der Waals surface area contributed by atoms with Gasteiger partial charge >= 0.3 is 0 Å². The average Bonchev–Trinajstić information content (AvgIpc) is 3.16. The van der Waals surface area contributed by atoms with Crippen molar-refractivity contribution in [3.63, 3.8) is 0 Å². The van der Waals surface area contributed by atoms with Crippen LogP contribution in [0.2, 0.25) is 0 Å². The van der Waals surface area contributed by atoms with Crippen molar-refractivity contribution in [2.45, 2.75) is 40.0 Å². The first-order valence-electron chi connectivity index (χ1n) is 11.2. The van der Waals surface area contributed by atoms with Crippen LogP contribution in [0.1, 0.15) is 48.0 Å². The van der Waals surface area contributed by atoms with Crippen molar-refractivity contribution in [3.05, 3.63) is 83.0 Å². The molecule has 0 aliphatic rings. The molecule has 0 atom stereocenters. The summed E-state index contributed by atoms with van der Waals surface area (Å²) >= 11 is 0. The number of rotatable bonds is 5. The Balaban J connectivity index is 1.46. The number of carbonyl (C=O) groups is 2. The number of nitrogens with one attached hydrogen (secondary N) is 2. The Hall–Kier alpha value is -4.00. The van der Waals surface area contributed by atoms with Gasteiger partial charge in [-0.05, 0) is 54.7 Å². The summed E-state index contributed by atoms with van der Waals surface area (Å²) in [6, 6.07) is 19.0. The minimum absolute atomic E-state index is 0.00834. The fourth-order valence-corrected chi connectivity index (χ4v) is 3.77. The van der Waals surface area contributed by atoms with Crippen molar-refractivity contribution in [2.24, 2.45) is 0 Å². The summed E-state index contributed by atoms with van der Waals surface area (Å²) in [5.74, 6) is 0.460. The highest BCUT2D eigenvalue weighted by Gasteiger charge is 2.16. The number of aryl methyl sites for hydroxylation is 2. The maximum atomic E-state index is 12.6. The summed E-state index contributed by atoms with van der Waals surface area (Å²) in [5, 5.41) is 11.1. The summed E-state index contributed by atoms with van der Waals surface area (Å²) < 4.78 is 1.61. The standard InChI is InChI=1S/C27H29N5O2/c1-17-14-23(29-22-9-7-6-8-21(17)22)32-24(15-18(2)31-32)30-25(33)16-28-26(34)19-10-12-20(13-11-19)27(3,4)5/h6-15H,16H2,1-5H3,(H,28,34)(H,30,33). The molecule has 174 valence electrons. The van der Waals surface area contributed by atoms with Crippen LogP contribution in [0.15, 0.2) is 60.7 Å². The fraction of sp³-hybridized carbons (Fsp3) is 0.259. The number of carbonyl (C=O) groups excluding carboxylic acids is 2. The lowest BCUT2D eigenvalue weighted by molar-refractivity contribution is -0.115. The first kappa shape index (κ1) is 23.2. The zero-order valence-electron chi connectivity index (χ0n) is 20.1. The summed E-state index contributed by atoms with van der Waals surface area (Å²) in [5.41, 5.74) is 4.32. The zero-order chi connectivity index (χ0) is 24.5. The number of pyridine rings is 1. The van der Waals surface area contributed by atoms with Gasteiger partial charge in [0.15, 0.2) is 5.82 Å². The smallest absolute Gasteiger partial charge is 0.251 e. The van der Waals surface area contributed by atoms with Gasteiger partial charge in [-0.1, -0.05) is 51.1 Å². The second-order valence-corrected chi connectivity index (χ2v) is 9.46. The molecule has 7 heteroatoms. The predicted molar refractivity (Wildman–Crippen MR) is 134 cm³/mol. The fourth-order valence-electron chi connectivity index (χ4n) is 3.77. The van der Waals surface area contributed by atoms with Gasteiger partial charge in [0.25, 0.3) is 5.91 Å². The third kappa shape index (κ3) is 4.98. The Labute approximate surface area is 199 Å². The normalized spacial score (nSPS) is 11.4. The van der Waals surface area contributed by atoms with E-state index in [9.17, 15) is 9.59 Å². The summed E-state index contributed by atoms with van der Waals surface area (Å²) in [6.45, 7) is 10.1. The first-order chi connectivity index (χ1) is 16.1. The molecule has 0 saturated carbocycles. The lowest BCUT2D eigenvalue weighted by Crippen LogP contribution is -2.33. The summed E-state index contributed by atoms with van der Waals surface area (Å²) in [6.07, 6.45) is 0. The lowest BCUT2D eigenvalue weighted by Gasteiger charge is -2.19. The van der Waals surface area contributed by atoms with Crippen LogP contribution in [0.5, 0.6) is 0 Å². The van der Waals surface area contributed by atoms with E-state index in [0.29, 0.717) is 17.2 Å². The van der Waals surface area contributed by atoms with Gasteiger partial charge in [0.05, 0.1) is 17.8 Å². The third-order valence-electron chi connectivity index (χ3n) is 5.65. The van der Waals surface area contributed by atoms with E-state index in [-0.39, 0.29) is 23.8 Å². The number of benzene rings is 2. The molecular formula is C27H29N5O2. The molecule has 2 heterocycles. The van der Waals surface area contributed by atoms with Crippen LogP contribution in [0.4, 0.5) is 5.82 Å². The highest BCUT2D eigenvalue weighted by atomic mass is 16.2. The molecule has 2 amide bonds. The van der Waals surface area contributed by atoms with Gasteiger partial charge in [0, 0.05) is 17.0 Å². The highest BCUT2D eigenvalue weighted by molar-refractivity contribution is 5.99. The van der Waals surface area contributed by atoms with Crippen LogP contribution in [-0.4, -0.2) is 33.1 Å². The number of aromatic nitrogens is 3. The molecule has 2 N–H and O–H groups in total. The first-order valence-corrected chi connectivity index (χ1v) is 11.2. The molecule has 2 aromatic heterocycles. The molecule has 7 nitrogen and oxygen atoms in total. The van der Waals surface area contributed by atoms with Crippen molar-refractivity contribution in [1.29, 1.82) is 0 Å². The zero-order valence-corrected chi connectivity index (χ0v) is 20.1. The Morgan fingerprint density at radius 2 is 1.68 bits per heavy atom. The Kier molecular flexibility index (Phi) is 6.20. The van der Waals surface area contributed by atoms with E-state index in [1.807, 2.05) is 56.3 Å². The van der Waals surface area contributed by atoms with Gasteiger partial charge in [-0.2, -0.15) is 9.78 Å². The van der Waals surface area contributed by atoms with Crippen molar-refractivity contribution in [1.82, 2.24) is 20.1 Å². The average molecular weight is 456 g/mol. The molecule has 0 saturated heterocycles. The maximum Gasteiger partial charge on any atom is 0.251 e. The van der Waals surface area contributed by atoms with Crippen LogP contribution in [0.3, 0.4) is 0 Å². The van der Waals surface area contributed by atoms with Crippen molar-refractivity contribution < 1.29 is 9.59 Å². The quantitative estimate of drug-likeness (QED) is 0.456. The van der Waals surface area contributed by atoms with Gasteiger partial charge in [0.1, 0.15) is 5.82 Å².